The van der Waals surface area contributed by atoms with Crippen LogP contribution in [0.4, 0.5) is 0 Å². The number of hydrogen-bond donors (Lipinski definition) is 1. The van der Waals surface area contributed by atoms with Gasteiger partial charge in [-0.15, -0.1) is 0 Å². The highest BCUT2D eigenvalue weighted by molar-refractivity contribution is 5.36. The highest BCUT2D eigenvalue weighted by Crippen LogP contribution is 1.85. The van der Waals surface area contributed by atoms with Gasteiger partial charge in [-0.05, 0) is 6.42 Å². The third-order valence-electron chi connectivity index (χ3n) is 0.757. The molecular formula is C6H11NO2. The summed E-state index contributed by atoms with van der Waals surface area (Å²) < 4.78 is 0. The van der Waals surface area contributed by atoms with Crippen LogP contribution in [0.15, 0.2) is 12.3 Å². The third kappa shape index (κ3) is 7.01. The molecule has 0 fully saturated rings. The molecular weight excluding hydrogens is 118 g/mol. The van der Waals surface area contributed by atoms with Crippen molar-refractivity contribution < 1.29 is 9.63 Å². The molecule has 1 N–H and O–H groups in total. The molecule has 0 aliphatic heterocycles. The van der Waals surface area contributed by atoms with Crippen LogP contribution in [0.5, 0.6) is 0 Å². The second-order valence-electron chi connectivity index (χ2n) is 1.52. The second kappa shape index (κ2) is 7.01. The van der Waals surface area contributed by atoms with Gasteiger partial charge >= 0.3 is 6.47 Å². The monoisotopic (exact) mass is 129 g/mol. The Hall–Kier alpha value is -0.990. The third-order valence-corrected chi connectivity index (χ3v) is 0.757. The van der Waals surface area contributed by atoms with Crippen molar-refractivity contribution in [1.29, 1.82) is 0 Å². The van der Waals surface area contributed by atoms with Gasteiger partial charge in [-0.3, -0.25) is 4.79 Å². The van der Waals surface area contributed by atoms with Gasteiger partial charge in [-0.2, -0.15) is 0 Å². The molecule has 0 amide bonds. The number of allylic oxidation sites excluding steroid dienone is 1. The summed E-state index contributed by atoms with van der Waals surface area (Å²) in [5, 5.41) is 0. The molecule has 0 heterocycles. The topological polar surface area (TPSA) is 38.3 Å². The Morgan fingerprint density at radius 2 is 2.44 bits per heavy atom. The number of nitrogens with one attached hydrogen (secondary N) is 1. The average molecular weight is 129 g/mol. The molecule has 0 aliphatic carbocycles. The Bertz CT molecular complexity index is 91.1. The Balaban J connectivity index is 2.94. The van der Waals surface area contributed by atoms with Crippen LogP contribution < -0.4 is 5.48 Å². The first-order chi connectivity index (χ1) is 4.41. The first kappa shape index (κ1) is 8.01. The van der Waals surface area contributed by atoms with Crippen molar-refractivity contribution in [2.24, 2.45) is 0 Å². The van der Waals surface area contributed by atoms with Gasteiger partial charge in [-0.25, -0.2) is 5.48 Å². The average Bonchev–Trinajstić information content (AvgIpc) is 1.89. The van der Waals surface area contributed by atoms with Crippen LogP contribution in [0.1, 0.15) is 19.8 Å². The number of rotatable bonds is 5. The number of unbranched alkanes of at least 4 members (excludes halogenated alkanes) is 1. The van der Waals surface area contributed by atoms with E-state index in [4.69, 9.17) is 0 Å². The number of carbonyl (C=O) groups is 1. The maximum Gasteiger partial charge on any atom is 0.320 e. The van der Waals surface area contributed by atoms with Crippen LogP contribution in [0.3, 0.4) is 0 Å². The summed E-state index contributed by atoms with van der Waals surface area (Å²) in [4.78, 5) is 13.7. The summed E-state index contributed by atoms with van der Waals surface area (Å²) in [5.41, 5.74) is 2.32. The minimum absolute atomic E-state index is 0.344. The summed E-state index contributed by atoms with van der Waals surface area (Å²) in [6, 6.07) is 0. The van der Waals surface area contributed by atoms with Gasteiger partial charge in [0.1, 0.15) is 0 Å². The van der Waals surface area contributed by atoms with Crippen molar-refractivity contribution in [2.75, 3.05) is 0 Å². The highest BCUT2D eigenvalue weighted by Gasteiger charge is 1.71. The first-order valence-corrected chi connectivity index (χ1v) is 2.91. The molecule has 9 heavy (non-hydrogen) atoms. The van der Waals surface area contributed by atoms with E-state index in [0.717, 1.165) is 12.8 Å². The fourth-order valence-corrected chi connectivity index (χ4v) is 0.365. The Morgan fingerprint density at radius 3 is 3.00 bits per heavy atom. The van der Waals surface area contributed by atoms with Gasteiger partial charge in [0.2, 0.25) is 0 Å². The molecule has 0 aromatic heterocycles. The van der Waals surface area contributed by atoms with E-state index in [-0.39, 0.29) is 0 Å². The molecule has 0 radical (unpaired) electrons. The van der Waals surface area contributed by atoms with Crippen molar-refractivity contribution in [3.63, 3.8) is 0 Å². The highest BCUT2D eigenvalue weighted by atomic mass is 16.7. The van der Waals surface area contributed by atoms with Gasteiger partial charge in [-0.1, -0.05) is 19.4 Å². The first-order valence-electron chi connectivity index (χ1n) is 2.91. The lowest BCUT2D eigenvalue weighted by molar-refractivity contribution is -0.133. The summed E-state index contributed by atoms with van der Waals surface area (Å²) in [6.07, 6.45) is 5.58. The molecule has 0 spiro atoms. The standard InChI is InChI=1S/C6H11NO2/c1-2-3-4-5-7-9-6-8/h4-7H,2-3H2,1H3. The Kier molecular flexibility index (Phi) is 6.24. The molecule has 0 rings (SSSR count). The molecule has 0 bridgehead atoms. The zero-order chi connectivity index (χ0) is 6.95. The maximum atomic E-state index is 9.52. The lowest BCUT2D eigenvalue weighted by Gasteiger charge is -1.90. The minimum Gasteiger partial charge on any atom is -0.347 e. The second-order valence-corrected chi connectivity index (χ2v) is 1.52. The van der Waals surface area contributed by atoms with E-state index in [9.17, 15) is 4.79 Å². The Labute approximate surface area is 54.7 Å². The predicted molar refractivity (Wildman–Crippen MR) is 34.3 cm³/mol. The minimum atomic E-state index is 0.344. The number of hydrogen-bond acceptors (Lipinski definition) is 3. The van der Waals surface area contributed by atoms with Crippen LogP contribution in [0.25, 0.3) is 0 Å². The van der Waals surface area contributed by atoms with Gasteiger partial charge in [0.15, 0.2) is 0 Å². The van der Waals surface area contributed by atoms with E-state index in [1.807, 2.05) is 6.08 Å². The van der Waals surface area contributed by atoms with Crippen LogP contribution in [0, 0.1) is 0 Å². The van der Waals surface area contributed by atoms with E-state index in [2.05, 4.69) is 17.2 Å². The van der Waals surface area contributed by atoms with Crippen molar-refractivity contribution in [3.8, 4) is 0 Å². The summed E-state index contributed by atoms with van der Waals surface area (Å²) in [7, 11) is 0. The lowest BCUT2D eigenvalue weighted by Crippen LogP contribution is -2.03. The zero-order valence-electron chi connectivity index (χ0n) is 5.46. The van der Waals surface area contributed by atoms with E-state index in [1.54, 1.807) is 6.20 Å². The zero-order valence-corrected chi connectivity index (χ0v) is 5.46. The molecule has 0 aliphatic rings. The summed E-state index contributed by atoms with van der Waals surface area (Å²) in [6.45, 7) is 2.42. The lowest BCUT2D eigenvalue weighted by atomic mass is 10.3. The van der Waals surface area contributed by atoms with E-state index in [1.165, 1.54) is 0 Å². The molecule has 0 saturated heterocycles. The quantitative estimate of drug-likeness (QED) is 0.341. The van der Waals surface area contributed by atoms with Gasteiger partial charge < -0.3 is 4.84 Å². The van der Waals surface area contributed by atoms with Crippen molar-refractivity contribution in [1.82, 2.24) is 5.48 Å². The maximum absolute atomic E-state index is 9.52. The van der Waals surface area contributed by atoms with Crippen molar-refractivity contribution in [3.05, 3.63) is 12.3 Å². The predicted octanol–water partition coefficient (Wildman–Crippen LogP) is 0.978. The van der Waals surface area contributed by atoms with Crippen molar-refractivity contribution >= 4 is 6.47 Å². The van der Waals surface area contributed by atoms with Crippen LogP contribution in [-0.4, -0.2) is 6.47 Å². The molecule has 3 nitrogen and oxygen atoms in total. The van der Waals surface area contributed by atoms with E-state index < -0.39 is 0 Å². The van der Waals surface area contributed by atoms with Gasteiger partial charge in [0.25, 0.3) is 0 Å². The van der Waals surface area contributed by atoms with Gasteiger partial charge in [0, 0.05) is 6.20 Å². The Morgan fingerprint density at radius 1 is 1.67 bits per heavy atom. The van der Waals surface area contributed by atoms with Crippen LogP contribution >= 0.6 is 0 Å². The fourth-order valence-electron chi connectivity index (χ4n) is 0.365. The molecule has 3 heteroatoms. The molecule has 0 unspecified atom stereocenters. The normalized spacial score (nSPS) is 9.44. The van der Waals surface area contributed by atoms with Crippen LogP contribution in [-0.2, 0) is 9.63 Å². The van der Waals surface area contributed by atoms with E-state index >= 15 is 0 Å². The largest absolute Gasteiger partial charge is 0.347 e. The van der Waals surface area contributed by atoms with Gasteiger partial charge in [0.05, 0.1) is 0 Å². The number of carbonyl (C=O) groups excluding carboxylic acids is 1. The molecule has 0 saturated carbocycles. The fraction of sp³-hybridized carbons (Fsp3) is 0.500. The molecule has 0 aromatic carbocycles. The van der Waals surface area contributed by atoms with Crippen LogP contribution in [0.2, 0.25) is 0 Å². The van der Waals surface area contributed by atoms with E-state index in [0.29, 0.717) is 6.47 Å². The molecule has 52 valence electrons. The summed E-state index contributed by atoms with van der Waals surface area (Å²) >= 11 is 0. The SMILES string of the molecule is CCCC=CNOC=O. The molecule has 0 aromatic rings. The molecule has 0 atom stereocenters. The number of hydroxylamine groups is 1. The smallest absolute Gasteiger partial charge is 0.320 e. The van der Waals surface area contributed by atoms with Crippen molar-refractivity contribution in [2.45, 2.75) is 19.8 Å². The summed E-state index contributed by atoms with van der Waals surface area (Å²) in [5.74, 6) is 0.